The fourth-order valence-electron chi connectivity index (χ4n) is 4.38. The number of aromatic nitrogens is 1. The van der Waals surface area contributed by atoms with Gasteiger partial charge in [0.2, 0.25) is 5.91 Å². The number of hydrogen-bond acceptors (Lipinski definition) is 5. The summed E-state index contributed by atoms with van der Waals surface area (Å²) in [6.45, 7) is 5.08. The Balaban J connectivity index is 1.24. The summed E-state index contributed by atoms with van der Waals surface area (Å²) >= 11 is 0. The van der Waals surface area contributed by atoms with E-state index >= 15 is 0 Å². The van der Waals surface area contributed by atoms with Crippen LogP contribution in [-0.4, -0.2) is 78.2 Å². The molecule has 1 atom stereocenters. The molecule has 0 bridgehead atoms. The number of carbonyl (C=O) groups excluding carboxylic acids is 2. The summed E-state index contributed by atoms with van der Waals surface area (Å²) in [4.78, 5) is 41.2. The van der Waals surface area contributed by atoms with Crippen molar-refractivity contribution in [2.75, 3.05) is 45.9 Å². The van der Waals surface area contributed by atoms with Crippen LogP contribution in [0, 0.1) is 11.8 Å². The maximum Gasteiger partial charge on any atom is 0.263 e. The van der Waals surface area contributed by atoms with Crippen LogP contribution in [0.1, 0.15) is 36.0 Å². The van der Waals surface area contributed by atoms with Crippen molar-refractivity contribution in [3.8, 4) is 0 Å². The van der Waals surface area contributed by atoms with Gasteiger partial charge in [0.05, 0.1) is 6.10 Å². The lowest BCUT2D eigenvalue weighted by molar-refractivity contribution is -0.149. The lowest BCUT2D eigenvalue weighted by Crippen LogP contribution is -2.52. The standard InChI is InChI=1S/C22H32N4O4/c1-24-8-2-3-19(22(24)29)21(28)23-11-18-14-26(20(27)15-30-18)13-17-6-9-25(10-7-17)12-16-4-5-16/h2-3,8,16-18H,4-7,9-15H2,1H3,(H,23,28)/t18-/m1/s1. The molecule has 3 heterocycles. The summed E-state index contributed by atoms with van der Waals surface area (Å²) in [5.74, 6) is 1.07. The molecule has 8 nitrogen and oxygen atoms in total. The number of pyridine rings is 1. The van der Waals surface area contributed by atoms with Crippen molar-refractivity contribution in [2.45, 2.75) is 31.8 Å². The van der Waals surface area contributed by atoms with Crippen molar-refractivity contribution in [1.29, 1.82) is 0 Å². The maximum absolute atomic E-state index is 12.4. The van der Waals surface area contributed by atoms with Crippen LogP contribution < -0.4 is 10.9 Å². The Bertz CT molecular complexity index is 827. The summed E-state index contributed by atoms with van der Waals surface area (Å²) in [6, 6.07) is 3.19. The summed E-state index contributed by atoms with van der Waals surface area (Å²) in [5, 5.41) is 2.78. The molecule has 3 fully saturated rings. The molecule has 2 saturated heterocycles. The zero-order valence-corrected chi connectivity index (χ0v) is 17.7. The fraction of sp³-hybridized carbons (Fsp3) is 0.682. The van der Waals surface area contributed by atoms with Crippen LogP contribution in [0.5, 0.6) is 0 Å². The molecular formula is C22H32N4O4. The minimum absolute atomic E-state index is 0.0231. The van der Waals surface area contributed by atoms with E-state index in [1.54, 1.807) is 19.3 Å². The first-order valence-corrected chi connectivity index (χ1v) is 11.0. The topological polar surface area (TPSA) is 83.9 Å². The van der Waals surface area contributed by atoms with Gasteiger partial charge in [-0.25, -0.2) is 0 Å². The summed E-state index contributed by atoms with van der Waals surface area (Å²) in [7, 11) is 1.61. The van der Waals surface area contributed by atoms with E-state index in [1.807, 2.05) is 4.90 Å². The number of morpholine rings is 1. The first-order chi connectivity index (χ1) is 14.5. The molecule has 8 heteroatoms. The zero-order chi connectivity index (χ0) is 21.1. The Morgan fingerprint density at radius 1 is 1.13 bits per heavy atom. The van der Waals surface area contributed by atoms with Crippen molar-refractivity contribution >= 4 is 11.8 Å². The Hall–Kier alpha value is -2.19. The van der Waals surface area contributed by atoms with Gasteiger partial charge in [0.25, 0.3) is 11.5 Å². The van der Waals surface area contributed by atoms with Crippen LogP contribution in [0.2, 0.25) is 0 Å². The molecular weight excluding hydrogens is 384 g/mol. The molecule has 2 amide bonds. The van der Waals surface area contributed by atoms with Gasteiger partial charge in [-0.2, -0.15) is 0 Å². The smallest absolute Gasteiger partial charge is 0.263 e. The van der Waals surface area contributed by atoms with Crippen LogP contribution in [0.15, 0.2) is 23.1 Å². The van der Waals surface area contributed by atoms with Crippen LogP contribution in [-0.2, 0) is 16.6 Å². The van der Waals surface area contributed by atoms with E-state index in [-0.39, 0.29) is 36.3 Å². The van der Waals surface area contributed by atoms with Gasteiger partial charge in [0.15, 0.2) is 0 Å². The Morgan fingerprint density at radius 3 is 2.60 bits per heavy atom. The third-order valence-corrected chi connectivity index (χ3v) is 6.48. The monoisotopic (exact) mass is 416 g/mol. The molecule has 1 aromatic heterocycles. The normalized spacial score (nSPS) is 23.6. The number of likely N-dealkylation sites (tertiary alicyclic amines) is 1. The third kappa shape index (κ3) is 5.29. The van der Waals surface area contributed by atoms with Gasteiger partial charge in [-0.05, 0) is 62.7 Å². The average molecular weight is 417 g/mol. The van der Waals surface area contributed by atoms with Gasteiger partial charge in [-0.3, -0.25) is 14.4 Å². The van der Waals surface area contributed by atoms with Crippen molar-refractivity contribution in [1.82, 2.24) is 19.7 Å². The predicted octanol–water partition coefficient (Wildman–Crippen LogP) is 0.465. The van der Waals surface area contributed by atoms with Crippen LogP contribution in [0.3, 0.4) is 0 Å². The van der Waals surface area contributed by atoms with E-state index < -0.39 is 5.91 Å². The highest BCUT2D eigenvalue weighted by Crippen LogP contribution is 2.31. The van der Waals surface area contributed by atoms with E-state index in [9.17, 15) is 14.4 Å². The van der Waals surface area contributed by atoms with E-state index in [2.05, 4.69) is 10.2 Å². The molecule has 30 heavy (non-hydrogen) atoms. The molecule has 1 aromatic rings. The average Bonchev–Trinajstić information content (AvgIpc) is 3.56. The Kier molecular flexibility index (Phi) is 6.53. The number of carbonyl (C=O) groups is 2. The maximum atomic E-state index is 12.4. The second-order valence-electron chi connectivity index (χ2n) is 8.97. The van der Waals surface area contributed by atoms with Crippen molar-refractivity contribution in [3.05, 3.63) is 34.2 Å². The lowest BCUT2D eigenvalue weighted by Gasteiger charge is -2.38. The van der Waals surface area contributed by atoms with Crippen molar-refractivity contribution in [2.24, 2.45) is 18.9 Å². The van der Waals surface area contributed by atoms with E-state index in [0.29, 0.717) is 12.5 Å². The van der Waals surface area contributed by atoms with Crippen molar-refractivity contribution in [3.63, 3.8) is 0 Å². The molecule has 1 aliphatic carbocycles. The molecule has 1 saturated carbocycles. The van der Waals surface area contributed by atoms with Crippen LogP contribution in [0.4, 0.5) is 0 Å². The Labute approximate surface area is 177 Å². The minimum Gasteiger partial charge on any atom is -0.365 e. The summed E-state index contributed by atoms with van der Waals surface area (Å²) < 4.78 is 7.00. The van der Waals surface area contributed by atoms with Crippen LogP contribution in [0.25, 0.3) is 0 Å². The molecule has 0 unspecified atom stereocenters. The number of hydrogen-bond donors (Lipinski definition) is 1. The predicted molar refractivity (Wildman–Crippen MR) is 112 cm³/mol. The number of nitrogens with one attached hydrogen (secondary N) is 1. The molecule has 164 valence electrons. The first-order valence-electron chi connectivity index (χ1n) is 11.0. The number of nitrogens with zero attached hydrogens (tertiary/aromatic N) is 3. The highest BCUT2D eigenvalue weighted by atomic mass is 16.5. The van der Waals surface area contributed by atoms with Crippen LogP contribution >= 0.6 is 0 Å². The van der Waals surface area contributed by atoms with Gasteiger partial charge >= 0.3 is 0 Å². The number of amides is 2. The highest BCUT2D eigenvalue weighted by Gasteiger charge is 2.31. The van der Waals surface area contributed by atoms with Gasteiger partial charge in [0.1, 0.15) is 12.2 Å². The molecule has 1 N–H and O–H groups in total. The lowest BCUT2D eigenvalue weighted by atomic mass is 9.95. The second-order valence-corrected chi connectivity index (χ2v) is 8.97. The Morgan fingerprint density at radius 2 is 1.87 bits per heavy atom. The number of rotatable bonds is 7. The van der Waals surface area contributed by atoms with E-state index in [0.717, 1.165) is 38.4 Å². The van der Waals surface area contributed by atoms with E-state index in [4.69, 9.17) is 4.74 Å². The molecule has 3 aliphatic rings. The number of ether oxygens (including phenoxy) is 1. The molecule has 0 aromatic carbocycles. The molecule has 0 radical (unpaired) electrons. The van der Waals surface area contributed by atoms with Crippen molar-refractivity contribution < 1.29 is 14.3 Å². The molecule has 2 aliphatic heterocycles. The fourth-order valence-corrected chi connectivity index (χ4v) is 4.38. The quantitative estimate of drug-likeness (QED) is 0.698. The number of piperidine rings is 1. The van der Waals surface area contributed by atoms with Gasteiger partial charge < -0.3 is 24.4 Å². The first kappa shape index (κ1) is 21.1. The largest absolute Gasteiger partial charge is 0.365 e. The molecule has 0 spiro atoms. The van der Waals surface area contributed by atoms with Gasteiger partial charge in [-0.15, -0.1) is 0 Å². The third-order valence-electron chi connectivity index (χ3n) is 6.48. The van der Waals surface area contributed by atoms with Gasteiger partial charge in [0, 0.05) is 39.4 Å². The summed E-state index contributed by atoms with van der Waals surface area (Å²) in [6.07, 6.45) is 6.40. The summed E-state index contributed by atoms with van der Waals surface area (Å²) in [5.41, 5.74) is -0.217. The van der Waals surface area contributed by atoms with E-state index in [1.165, 1.54) is 30.0 Å². The number of aryl methyl sites for hydroxylation is 1. The van der Waals surface area contributed by atoms with Gasteiger partial charge in [-0.1, -0.05) is 0 Å². The molecule has 4 rings (SSSR count). The SMILES string of the molecule is Cn1cccc(C(=O)NC[C@@H]2CN(CC3CCN(CC4CC4)CC3)C(=O)CO2)c1=O. The zero-order valence-electron chi connectivity index (χ0n) is 17.7. The minimum atomic E-state index is -0.411. The second kappa shape index (κ2) is 9.31. The highest BCUT2D eigenvalue weighted by molar-refractivity contribution is 5.93.